The van der Waals surface area contributed by atoms with E-state index in [0.29, 0.717) is 0 Å². The van der Waals surface area contributed by atoms with E-state index in [2.05, 4.69) is 0 Å². The van der Waals surface area contributed by atoms with Crippen molar-refractivity contribution in [1.82, 2.24) is 14.7 Å². The van der Waals surface area contributed by atoms with Gasteiger partial charge in [-0.15, -0.1) is 0 Å². The standard InChI is InChI=1S/C12H21N3O9/c1-8(7-15(11(21)22)12(23)24)14(10(19)20)4-2-3-13(5-6-16)9(17)18/h8,16H,2-7H2,1H3,(H,17,18)(H,19,20)(H,21,22)(H,23,24). The van der Waals surface area contributed by atoms with Gasteiger partial charge >= 0.3 is 24.4 Å². The summed E-state index contributed by atoms with van der Waals surface area (Å²) in [5.74, 6) is 0. The van der Waals surface area contributed by atoms with Crippen LogP contribution in [0.5, 0.6) is 0 Å². The fraction of sp³-hybridized carbons (Fsp3) is 0.667. The smallest absolute Gasteiger partial charge is 0.416 e. The summed E-state index contributed by atoms with van der Waals surface area (Å²) in [5.41, 5.74) is 0. The van der Waals surface area contributed by atoms with Crippen LogP contribution in [0.1, 0.15) is 13.3 Å². The number of carboxylic acid groups (broad SMARTS) is 4. The van der Waals surface area contributed by atoms with E-state index in [0.717, 1.165) is 9.80 Å². The van der Waals surface area contributed by atoms with Gasteiger partial charge in [0.15, 0.2) is 0 Å². The van der Waals surface area contributed by atoms with Gasteiger partial charge in [0.25, 0.3) is 0 Å². The summed E-state index contributed by atoms with van der Waals surface area (Å²) >= 11 is 0. The molecule has 0 aromatic heterocycles. The van der Waals surface area contributed by atoms with Crippen LogP contribution < -0.4 is 0 Å². The summed E-state index contributed by atoms with van der Waals surface area (Å²) in [7, 11) is 0. The van der Waals surface area contributed by atoms with Crippen molar-refractivity contribution in [3.05, 3.63) is 0 Å². The summed E-state index contributed by atoms with van der Waals surface area (Å²) < 4.78 is 0. The van der Waals surface area contributed by atoms with Crippen molar-refractivity contribution in [3.8, 4) is 0 Å². The summed E-state index contributed by atoms with van der Waals surface area (Å²) in [6.07, 6.45) is -5.99. The Morgan fingerprint density at radius 3 is 1.75 bits per heavy atom. The molecule has 0 spiro atoms. The van der Waals surface area contributed by atoms with Crippen LogP contribution >= 0.6 is 0 Å². The molecule has 0 bridgehead atoms. The third-order valence-corrected chi connectivity index (χ3v) is 3.15. The first-order valence-corrected chi connectivity index (χ1v) is 6.93. The van der Waals surface area contributed by atoms with E-state index in [1.54, 1.807) is 0 Å². The van der Waals surface area contributed by atoms with Crippen LogP contribution in [-0.4, -0.2) is 103 Å². The van der Waals surface area contributed by atoms with Gasteiger partial charge in [0.1, 0.15) is 0 Å². The van der Waals surface area contributed by atoms with Crippen molar-refractivity contribution in [2.24, 2.45) is 0 Å². The van der Waals surface area contributed by atoms with Crippen molar-refractivity contribution >= 4 is 24.4 Å². The lowest BCUT2D eigenvalue weighted by atomic mass is 10.2. The minimum Gasteiger partial charge on any atom is -0.465 e. The Balaban J connectivity index is 4.74. The van der Waals surface area contributed by atoms with E-state index in [4.69, 9.17) is 25.5 Å². The molecule has 0 aliphatic heterocycles. The molecule has 0 rings (SSSR count). The van der Waals surface area contributed by atoms with Gasteiger partial charge in [0.05, 0.1) is 19.2 Å². The first-order chi connectivity index (χ1) is 11.1. The third-order valence-electron chi connectivity index (χ3n) is 3.15. The zero-order valence-electron chi connectivity index (χ0n) is 13.0. The minimum absolute atomic E-state index is 0.0338. The monoisotopic (exact) mass is 351 g/mol. The van der Waals surface area contributed by atoms with Crippen LogP contribution in [0.4, 0.5) is 19.2 Å². The molecule has 0 aromatic carbocycles. The van der Waals surface area contributed by atoms with Crippen molar-refractivity contribution in [2.45, 2.75) is 19.4 Å². The van der Waals surface area contributed by atoms with E-state index in [-0.39, 0.29) is 37.6 Å². The van der Waals surface area contributed by atoms with Gasteiger partial charge in [-0.3, -0.25) is 0 Å². The molecule has 1 atom stereocenters. The number of hydrogen-bond acceptors (Lipinski definition) is 5. The Bertz CT molecular complexity index is 457. The zero-order valence-corrected chi connectivity index (χ0v) is 13.0. The van der Waals surface area contributed by atoms with Crippen LogP contribution in [0.3, 0.4) is 0 Å². The third kappa shape index (κ3) is 7.00. The second-order valence-electron chi connectivity index (χ2n) is 4.85. The Morgan fingerprint density at radius 1 is 0.833 bits per heavy atom. The molecule has 0 heterocycles. The van der Waals surface area contributed by atoms with Gasteiger partial charge < -0.3 is 35.3 Å². The highest BCUT2D eigenvalue weighted by Gasteiger charge is 2.27. The molecule has 0 fully saturated rings. The molecular weight excluding hydrogens is 330 g/mol. The molecule has 0 aliphatic rings. The quantitative estimate of drug-likeness (QED) is 0.392. The zero-order chi connectivity index (χ0) is 18.9. The van der Waals surface area contributed by atoms with Crippen molar-refractivity contribution in [1.29, 1.82) is 0 Å². The maximum atomic E-state index is 11.2. The molecule has 0 saturated carbocycles. The maximum Gasteiger partial charge on any atom is 0.416 e. The van der Waals surface area contributed by atoms with Crippen LogP contribution in [0.2, 0.25) is 0 Å². The molecule has 12 nitrogen and oxygen atoms in total. The molecule has 1 unspecified atom stereocenters. The number of nitrogens with zero attached hydrogens (tertiary/aromatic N) is 3. The molecular formula is C12H21N3O9. The Kier molecular flexibility index (Phi) is 8.94. The second kappa shape index (κ2) is 10.1. The van der Waals surface area contributed by atoms with Gasteiger partial charge in [0.2, 0.25) is 0 Å². The number of aliphatic hydroxyl groups excluding tert-OH is 1. The topological polar surface area (TPSA) is 179 Å². The lowest BCUT2D eigenvalue weighted by Gasteiger charge is -2.29. The van der Waals surface area contributed by atoms with Gasteiger partial charge in [-0.25, -0.2) is 24.1 Å². The normalized spacial score (nSPS) is 11.4. The number of rotatable bonds is 9. The molecule has 0 aliphatic carbocycles. The first-order valence-electron chi connectivity index (χ1n) is 6.93. The fourth-order valence-corrected chi connectivity index (χ4v) is 1.96. The fourth-order valence-electron chi connectivity index (χ4n) is 1.96. The number of carbonyl (C=O) groups is 4. The largest absolute Gasteiger partial charge is 0.465 e. The Labute approximate surface area is 137 Å². The SMILES string of the molecule is CC(CN(C(=O)O)C(=O)O)N(CCCN(CCO)C(=O)O)C(=O)O. The molecule has 138 valence electrons. The highest BCUT2D eigenvalue weighted by molar-refractivity contribution is 5.85. The molecule has 0 saturated heterocycles. The summed E-state index contributed by atoms with van der Waals surface area (Å²) in [6.45, 7) is 0.111. The minimum atomic E-state index is -1.72. The van der Waals surface area contributed by atoms with Crippen LogP contribution in [-0.2, 0) is 0 Å². The molecule has 0 radical (unpaired) electrons. The number of hydrogen-bond donors (Lipinski definition) is 5. The average Bonchev–Trinajstić information content (AvgIpc) is 2.46. The summed E-state index contributed by atoms with van der Waals surface area (Å²) in [4.78, 5) is 45.5. The predicted molar refractivity (Wildman–Crippen MR) is 78.2 cm³/mol. The number of aliphatic hydroxyl groups is 1. The summed E-state index contributed by atoms with van der Waals surface area (Å²) in [5, 5.41) is 44.3. The Hall–Kier alpha value is -2.76. The Morgan fingerprint density at radius 2 is 1.38 bits per heavy atom. The van der Waals surface area contributed by atoms with E-state index >= 15 is 0 Å². The maximum absolute atomic E-state index is 11.2. The van der Waals surface area contributed by atoms with Crippen LogP contribution in [0.25, 0.3) is 0 Å². The first kappa shape index (κ1) is 21.2. The summed E-state index contributed by atoms with van der Waals surface area (Å²) in [6, 6.07) is -0.953. The van der Waals surface area contributed by atoms with E-state index in [1.165, 1.54) is 6.92 Å². The molecule has 12 heteroatoms. The van der Waals surface area contributed by atoms with Gasteiger partial charge in [-0.05, 0) is 13.3 Å². The van der Waals surface area contributed by atoms with Gasteiger partial charge in [-0.2, -0.15) is 0 Å². The highest BCUT2D eigenvalue weighted by atomic mass is 16.4. The van der Waals surface area contributed by atoms with Crippen molar-refractivity contribution < 1.29 is 44.7 Å². The molecule has 5 N–H and O–H groups in total. The van der Waals surface area contributed by atoms with Gasteiger partial charge in [0, 0.05) is 19.6 Å². The van der Waals surface area contributed by atoms with E-state index in [9.17, 15) is 19.2 Å². The predicted octanol–water partition coefficient (Wildman–Crippen LogP) is 0.375. The number of amides is 4. The van der Waals surface area contributed by atoms with Crippen LogP contribution in [0.15, 0.2) is 0 Å². The molecule has 0 aromatic rings. The van der Waals surface area contributed by atoms with Crippen molar-refractivity contribution in [2.75, 3.05) is 32.8 Å². The van der Waals surface area contributed by atoms with E-state index in [1.807, 2.05) is 0 Å². The van der Waals surface area contributed by atoms with Crippen molar-refractivity contribution in [3.63, 3.8) is 0 Å². The van der Waals surface area contributed by atoms with Gasteiger partial charge in [-0.1, -0.05) is 0 Å². The lowest BCUT2D eigenvalue weighted by Crippen LogP contribution is -2.48. The molecule has 4 amide bonds. The van der Waals surface area contributed by atoms with Crippen LogP contribution in [0, 0.1) is 0 Å². The second-order valence-corrected chi connectivity index (χ2v) is 4.85. The number of imide groups is 1. The van der Waals surface area contributed by atoms with E-state index < -0.39 is 37.0 Å². The lowest BCUT2D eigenvalue weighted by molar-refractivity contribution is 0.0915. The molecule has 24 heavy (non-hydrogen) atoms. The highest BCUT2D eigenvalue weighted by Crippen LogP contribution is 2.06. The average molecular weight is 351 g/mol.